The predicted molar refractivity (Wildman–Crippen MR) is 75.9 cm³/mol. The van der Waals surface area contributed by atoms with Crippen LogP contribution in [0.25, 0.3) is 17.2 Å². The molecule has 0 atom stereocenters. The van der Waals surface area contributed by atoms with Gasteiger partial charge >= 0.3 is 5.97 Å². The van der Waals surface area contributed by atoms with Crippen molar-refractivity contribution >= 4 is 23.4 Å². The van der Waals surface area contributed by atoms with Crippen molar-refractivity contribution in [3.05, 3.63) is 51.7 Å². The Kier molecular flexibility index (Phi) is 3.79. The molecule has 0 aliphatic heterocycles. The van der Waals surface area contributed by atoms with Crippen LogP contribution in [0.1, 0.15) is 16.7 Å². The molecule has 0 saturated carbocycles. The quantitative estimate of drug-likeness (QED) is 0.864. The molecule has 0 radical (unpaired) electrons. The molecule has 1 aromatic heterocycles. The number of aliphatic carboxylic acids is 1. The van der Waals surface area contributed by atoms with Gasteiger partial charge in [-0.05, 0) is 58.1 Å². The van der Waals surface area contributed by atoms with E-state index < -0.39 is 5.97 Å². The molecule has 4 heteroatoms. The normalized spacial score (nSPS) is 10.5. The summed E-state index contributed by atoms with van der Waals surface area (Å²) in [6.45, 7) is 1.94. The Morgan fingerprint density at radius 3 is 2.79 bits per heavy atom. The van der Waals surface area contributed by atoms with Crippen LogP contribution in [0.15, 0.2) is 35.0 Å². The zero-order valence-electron chi connectivity index (χ0n) is 10.3. The van der Waals surface area contributed by atoms with Gasteiger partial charge in [-0.3, -0.25) is 0 Å². The Morgan fingerprint density at radius 2 is 2.16 bits per heavy atom. The molecule has 0 saturated heterocycles. The number of hydrogen-bond donors (Lipinski definition) is 1. The lowest BCUT2D eigenvalue weighted by atomic mass is 9.98. The Morgan fingerprint density at radius 1 is 1.37 bits per heavy atom. The summed E-state index contributed by atoms with van der Waals surface area (Å²) in [5, 5.41) is 21.4. The highest BCUT2D eigenvalue weighted by atomic mass is 32.1. The maximum Gasteiger partial charge on any atom is 0.328 e. The standard InChI is InChI=1S/C15H11NO2S/c1-10-6-11(7-16)2-4-13(10)14-9-19-8-12(14)3-5-15(17)18/h2-6,8-9H,1H3,(H,17,18). The monoisotopic (exact) mass is 269 g/mol. The van der Waals surface area contributed by atoms with E-state index in [4.69, 9.17) is 10.4 Å². The number of carbonyl (C=O) groups is 1. The molecule has 0 spiro atoms. The van der Waals surface area contributed by atoms with E-state index in [1.165, 1.54) is 11.3 Å². The van der Waals surface area contributed by atoms with Gasteiger partial charge in [-0.2, -0.15) is 16.6 Å². The molecule has 0 aliphatic rings. The van der Waals surface area contributed by atoms with Crippen LogP contribution in [-0.2, 0) is 4.79 Å². The van der Waals surface area contributed by atoms with Gasteiger partial charge in [0.25, 0.3) is 0 Å². The van der Waals surface area contributed by atoms with Crippen molar-refractivity contribution in [2.24, 2.45) is 0 Å². The SMILES string of the molecule is Cc1cc(C#N)ccc1-c1cscc1C=CC(=O)O. The molecule has 0 fully saturated rings. The molecule has 2 aromatic rings. The number of rotatable bonds is 3. The molecule has 1 N–H and O–H groups in total. The van der Waals surface area contributed by atoms with Crippen molar-refractivity contribution in [1.29, 1.82) is 5.26 Å². The first-order valence-corrected chi connectivity index (χ1v) is 6.54. The molecule has 0 aliphatic carbocycles. The lowest BCUT2D eigenvalue weighted by Gasteiger charge is -2.05. The summed E-state index contributed by atoms with van der Waals surface area (Å²) in [5.41, 5.74) is 4.51. The Balaban J connectivity index is 2.46. The molecule has 0 unspecified atom stereocenters. The number of benzene rings is 1. The molecular formula is C15H11NO2S. The van der Waals surface area contributed by atoms with Gasteiger partial charge in [0.1, 0.15) is 0 Å². The summed E-state index contributed by atoms with van der Waals surface area (Å²) < 4.78 is 0. The third kappa shape index (κ3) is 2.90. The molecule has 0 amide bonds. The van der Waals surface area contributed by atoms with Gasteiger partial charge < -0.3 is 5.11 Å². The van der Waals surface area contributed by atoms with Crippen molar-refractivity contribution in [3.8, 4) is 17.2 Å². The van der Waals surface area contributed by atoms with Crippen molar-refractivity contribution in [1.82, 2.24) is 0 Å². The van der Waals surface area contributed by atoms with E-state index in [1.54, 1.807) is 12.1 Å². The number of nitrogens with zero attached hydrogens (tertiary/aromatic N) is 1. The van der Waals surface area contributed by atoms with E-state index in [9.17, 15) is 4.79 Å². The van der Waals surface area contributed by atoms with Crippen molar-refractivity contribution in [2.45, 2.75) is 6.92 Å². The average molecular weight is 269 g/mol. The van der Waals surface area contributed by atoms with Crippen molar-refractivity contribution in [2.75, 3.05) is 0 Å². The molecule has 0 bridgehead atoms. The van der Waals surface area contributed by atoms with Crippen LogP contribution >= 0.6 is 11.3 Å². The van der Waals surface area contributed by atoms with Gasteiger partial charge in [0.05, 0.1) is 11.6 Å². The van der Waals surface area contributed by atoms with E-state index in [0.717, 1.165) is 28.3 Å². The fraction of sp³-hybridized carbons (Fsp3) is 0.0667. The average Bonchev–Trinajstić information content (AvgIpc) is 2.84. The highest BCUT2D eigenvalue weighted by Crippen LogP contribution is 2.31. The molecule has 19 heavy (non-hydrogen) atoms. The molecule has 2 rings (SSSR count). The third-order valence-corrected chi connectivity index (χ3v) is 3.50. The molecule has 1 aromatic carbocycles. The fourth-order valence-corrected chi connectivity index (χ4v) is 2.67. The molecule has 94 valence electrons. The lowest BCUT2D eigenvalue weighted by molar-refractivity contribution is -0.131. The number of aryl methyl sites for hydroxylation is 1. The van der Waals surface area contributed by atoms with Crippen molar-refractivity contribution in [3.63, 3.8) is 0 Å². The minimum atomic E-state index is -0.964. The fourth-order valence-electron chi connectivity index (χ4n) is 1.85. The van der Waals surface area contributed by atoms with Crippen LogP contribution in [0.3, 0.4) is 0 Å². The van der Waals surface area contributed by atoms with E-state index in [2.05, 4.69) is 6.07 Å². The minimum Gasteiger partial charge on any atom is -0.478 e. The van der Waals surface area contributed by atoms with Gasteiger partial charge in [0.2, 0.25) is 0 Å². The lowest BCUT2D eigenvalue weighted by Crippen LogP contribution is -1.87. The summed E-state index contributed by atoms with van der Waals surface area (Å²) in [7, 11) is 0. The summed E-state index contributed by atoms with van der Waals surface area (Å²) in [4.78, 5) is 10.6. The second-order valence-corrected chi connectivity index (χ2v) is 4.80. The maximum atomic E-state index is 10.6. The first-order valence-electron chi connectivity index (χ1n) is 5.60. The summed E-state index contributed by atoms with van der Waals surface area (Å²) in [6, 6.07) is 7.60. The second kappa shape index (κ2) is 5.51. The Labute approximate surface area is 115 Å². The van der Waals surface area contributed by atoms with E-state index in [-0.39, 0.29) is 0 Å². The first kappa shape index (κ1) is 13.1. The number of hydrogen-bond acceptors (Lipinski definition) is 3. The number of nitriles is 1. The number of thiophene rings is 1. The third-order valence-electron chi connectivity index (χ3n) is 2.74. The zero-order valence-corrected chi connectivity index (χ0v) is 11.1. The zero-order chi connectivity index (χ0) is 13.8. The van der Waals surface area contributed by atoms with E-state index in [0.29, 0.717) is 5.56 Å². The van der Waals surface area contributed by atoms with Gasteiger partial charge in [-0.1, -0.05) is 6.07 Å². The van der Waals surface area contributed by atoms with Crippen molar-refractivity contribution < 1.29 is 9.90 Å². The summed E-state index contributed by atoms with van der Waals surface area (Å²) in [5.74, 6) is -0.964. The van der Waals surface area contributed by atoms with Crippen LogP contribution in [0.2, 0.25) is 0 Å². The van der Waals surface area contributed by atoms with Crippen LogP contribution in [0, 0.1) is 18.3 Å². The Hall–Kier alpha value is -2.38. The first-order chi connectivity index (χ1) is 9.11. The highest BCUT2D eigenvalue weighted by Gasteiger charge is 2.08. The van der Waals surface area contributed by atoms with Crippen LogP contribution in [-0.4, -0.2) is 11.1 Å². The van der Waals surface area contributed by atoms with E-state index in [1.807, 2.05) is 29.8 Å². The maximum absolute atomic E-state index is 10.6. The van der Waals surface area contributed by atoms with Gasteiger partial charge in [-0.25, -0.2) is 4.79 Å². The van der Waals surface area contributed by atoms with Crippen LogP contribution in [0.4, 0.5) is 0 Å². The molecular weight excluding hydrogens is 258 g/mol. The van der Waals surface area contributed by atoms with E-state index >= 15 is 0 Å². The molecule has 3 nitrogen and oxygen atoms in total. The van der Waals surface area contributed by atoms with Gasteiger partial charge in [0, 0.05) is 6.08 Å². The summed E-state index contributed by atoms with van der Waals surface area (Å²) in [6.07, 6.45) is 2.72. The number of carboxylic acids is 1. The van der Waals surface area contributed by atoms with Gasteiger partial charge in [-0.15, -0.1) is 0 Å². The second-order valence-electron chi connectivity index (χ2n) is 4.05. The predicted octanol–water partition coefficient (Wildman–Crippen LogP) is 3.69. The Bertz CT molecular complexity index is 692. The largest absolute Gasteiger partial charge is 0.478 e. The summed E-state index contributed by atoms with van der Waals surface area (Å²) >= 11 is 1.52. The smallest absolute Gasteiger partial charge is 0.328 e. The minimum absolute atomic E-state index is 0.624. The highest BCUT2D eigenvalue weighted by molar-refractivity contribution is 7.08. The topological polar surface area (TPSA) is 61.1 Å². The number of carboxylic acid groups (broad SMARTS) is 1. The molecule has 1 heterocycles. The van der Waals surface area contributed by atoms with Gasteiger partial charge in [0.15, 0.2) is 0 Å². The van der Waals surface area contributed by atoms with Crippen LogP contribution < -0.4 is 0 Å². The van der Waals surface area contributed by atoms with Crippen LogP contribution in [0.5, 0.6) is 0 Å².